The highest BCUT2D eigenvalue weighted by atomic mass is 15.4. The van der Waals surface area contributed by atoms with Gasteiger partial charge < -0.3 is 0 Å². The van der Waals surface area contributed by atoms with Crippen molar-refractivity contribution >= 4 is 0 Å². The third kappa shape index (κ3) is 1.44. The van der Waals surface area contributed by atoms with Crippen LogP contribution in [0.25, 0.3) is 5.82 Å². The minimum absolute atomic E-state index is 0.415. The Morgan fingerprint density at radius 2 is 2.13 bits per heavy atom. The van der Waals surface area contributed by atoms with Crippen LogP contribution in [0.1, 0.15) is 16.8 Å². The Kier molecular flexibility index (Phi) is 2.14. The molecule has 0 aliphatic rings. The second kappa shape index (κ2) is 3.46. The lowest BCUT2D eigenvalue weighted by molar-refractivity contribution is 0.795. The zero-order chi connectivity index (χ0) is 10.8. The van der Waals surface area contributed by atoms with E-state index in [-0.39, 0.29) is 0 Å². The van der Waals surface area contributed by atoms with E-state index in [2.05, 4.69) is 26.3 Å². The van der Waals surface area contributed by atoms with E-state index in [9.17, 15) is 0 Å². The molecule has 2 heterocycles. The molecule has 0 atom stereocenters. The van der Waals surface area contributed by atoms with E-state index in [4.69, 9.17) is 5.26 Å². The van der Waals surface area contributed by atoms with E-state index < -0.39 is 0 Å². The van der Waals surface area contributed by atoms with E-state index in [1.807, 2.05) is 13.8 Å². The molecule has 0 aromatic carbocycles. The van der Waals surface area contributed by atoms with Crippen LogP contribution in [0.15, 0.2) is 12.7 Å². The topological polar surface area (TPSA) is 80.3 Å². The van der Waals surface area contributed by atoms with Crippen LogP contribution in [0, 0.1) is 25.2 Å². The average molecular weight is 200 g/mol. The van der Waals surface area contributed by atoms with Crippen LogP contribution in [0.2, 0.25) is 0 Å². The molecule has 2 rings (SSSR count). The fourth-order valence-corrected chi connectivity index (χ4v) is 1.21. The largest absolute Gasteiger partial charge is 0.223 e. The van der Waals surface area contributed by atoms with Gasteiger partial charge in [-0.05, 0) is 19.4 Å². The minimum Gasteiger partial charge on any atom is -0.223 e. The van der Waals surface area contributed by atoms with Crippen molar-refractivity contribution in [3.63, 3.8) is 0 Å². The highest BCUT2D eigenvalue weighted by Gasteiger charge is 2.12. The Labute approximate surface area is 86.2 Å². The van der Waals surface area contributed by atoms with Crippen molar-refractivity contribution in [2.75, 3.05) is 0 Å². The number of aromatic nitrogens is 5. The first-order chi connectivity index (χ1) is 7.24. The molecule has 0 N–H and O–H groups in total. The molecule has 0 bridgehead atoms. The fraction of sp³-hybridized carbons (Fsp3) is 0.222. The highest BCUT2D eigenvalue weighted by Crippen LogP contribution is 2.14. The molecule has 2 aromatic rings. The molecule has 0 amide bonds. The molecule has 74 valence electrons. The second-order valence-electron chi connectivity index (χ2n) is 3.06. The molecular weight excluding hydrogens is 192 g/mol. The number of aryl methyl sites for hydroxylation is 1. The number of rotatable bonds is 1. The summed E-state index contributed by atoms with van der Waals surface area (Å²) < 4.78 is 1.43. The van der Waals surface area contributed by atoms with E-state index in [1.54, 1.807) is 0 Å². The lowest BCUT2D eigenvalue weighted by Gasteiger charge is -2.05. The van der Waals surface area contributed by atoms with Gasteiger partial charge in [0.1, 0.15) is 24.3 Å². The van der Waals surface area contributed by atoms with Crippen LogP contribution in [-0.4, -0.2) is 25.0 Å². The lowest BCUT2D eigenvalue weighted by atomic mass is 10.1. The predicted molar refractivity (Wildman–Crippen MR) is 51.1 cm³/mol. The van der Waals surface area contributed by atoms with Gasteiger partial charge in [0.05, 0.1) is 5.69 Å². The van der Waals surface area contributed by atoms with Crippen molar-refractivity contribution in [2.45, 2.75) is 13.8 Å². The molecule has 0 saturated carbocycles. The summed E-state index contributed by atoms with van der Waals surface area (Å²) in [4.78, 5) is 3.80. The van der Waals surface area contributed by atoms with Crippen molar-refractivity contribution in [3.05, 3.63) is 29.5 Å². The van der Waals surface area contributed by atoms with Gasteiger partial charge in [0, 0.05) is 0 Å². The molecule has 0 radical (unpaired) electrons. The molecule has 0 spiro atoms. The molecule has 0 aliphatic carbocycles. The molecule has 6 heteroatoms. The Bertz CT molecular complexity index is 522. The summed E-state index contributed by atoms with van der Waals surface area (Å²) in [5.74, 6) is 0.415. The Morgan fingerprint density at radius 1 is 1.33 bits per heavy atom. The van der Waals surface area contributed by atoms with Crippen LogP contribution < -0.4 is 0 Å². The van der Waals surface area contributed by atoms with Gasteiger partial charge in [0.15, 0.2) is 5.82 Å². The highest BCUT2D eigenvalue weighted by molar-refractivity contribution is 5.48. The van der Waals surface area contributed by atoms with E-state index in [0.29, 0.717) is 11.4 Å². The molecule has 0 saturated heterocycles. The number of nitrogens with zero attached hydrogens (tertiary/aromatic N) is 6. The van der Waals surface area contributed by atoms with Crippen LogP contribution in [0.3, 0.4) is 0 Å². The minimum atomic E-state index is 0.415. The molecule has 6 nitrogen and oxygen atoms in total. The maximum Gasteiger partial charge on any atom is 0.195 e. The summed E-state index contributed by atoms with van der Waals surface area (Å²) in [7, 11) is 0. The molecule has 0 fully saturated rings. The number of nitriles is 1. The van der Waals surface area contributed by atoms with Crippen LogP contribution in [-0.2, 0) is 0 Å². The second-order valence-corrected chi connectivity index (χ2v) is 3.06. The van der Waals surface area contributed by atoms with Gasteiger partial charge in [-0.25, -0.2) is 4.98 Å². The van der Waals surface area contributed by atoms with Crippen LogP contribution >= 0.6 is 0 Å². The Morgan fingerprint density at radius 3 is 2.73 bits per heavy atom. The van der Waals surface area contributed by atoms with Crippen molar-refractivity contribution in [2.24, 2.45) is 0 Å². The average Bonchev–Trinajstić information content (AvgIpc) is 2.75. The number of hydrogen-bond donors (Lipinski definition) is 0. The number of hydrogen-bond acceptors (Lipinski definition) is 5. The van der Waals surface area contributed by atoms with Gasteiger partial charge in [-0.2, -0.15) is 20.1 Å². The van der Waals surface area contributed by atoms with Crippen molar-refractivity contribution in [3.8, 4) is 11.9 Å². The summed E-state index contributed by atoms with van der Waals surface area (Å²) >= 11 is 0. The predicted octanol–water partition coefficient (Wildman–Crippen LogP) is 0.546. The normalized spacial score (nSPS) is 9.93. The monoisotopic (exact) mass is 200 g/mol. The quantitative estimate of drug-likeness (QED) is 0.671. The first-order valence-corrected chi connectivity index (χ1v) is 4.33. The smallest absolute Gasteiger partial charge is 0.195 e. The molecule has 15 heavy (non-hydrogen) atoms. The third-order valence-electron chi connectivity index (χ3n) is 2.18. The van der Waals surface area contributed by atoms with Gasteiger partial charge in [0.25, 0.3) is 0 Å². The lowest BCUT2D eigenvalue weighted by Crippen LogP contribution is -2.07. The fourth-order valence-electron chi connectivity index (χ4n) is 1.21. The van der Waals surface area contributed by atoms with Crippen molar-refractivity contribution in [1.82, 2.24) is 25.0 Å². The molecule has 0 aliphatic heterocycles. The summed E-state index contributed by atoms with van der Waals surface area (Å²) in [6.45, 7) is 3.65. The first-order valence-electron chi connectivity index (χ1n) is 4.33. The first kappa shape index (κ1) is 9.27. The maximum atomic E-state index is 9.04. The standard InChI is InChI=1S/C9H8N6/c1-6-7(2)13-14-9(8(6)3-10)15-5-11-4-12-15/h4-5H,1-2H3. The van der Waals surface area contributed by atoms with Gasteiger partial charge in [-0.3, -0.25) is 0 Å². The Hall–Kier alpha value is -2.29. The van der Waals surface area contributed by atoms with Crippen LogP contribution in [0.5, 0.6) is 0 Å². The van der Waals surface area contributed by atoms with Gasteiger partial charge >= 0.3 is 0 Å². The summed E-state index contributed by atoms with van der Waals surface area (Å²) in [6.07, 6.45) is 2.87. The van der Waals surface area contributed by atoms with E-state index >= 15 is 0 Å². The van der Waals surface area contributed by atoms with E-state index in [1.165, 1.54) is 17.3 Å². The summed E-state index contributed by atoms with van der Waals surface area (Å²) in [6, 6.07) is 2.10. The van der Waals surface area contributed by atoms with Crippen LogP contribution in [0.4, 0.5) is 0 Å². The zero-order valence-electron chi connectivity index (χ0n) is 8.34. The molecular formula is C9H8N6. The van der Waals surface area contributed by atoms with Gasteiger partial charge in [-0.15, -0.1) is 5.10 Å². The maximum absolute atomic E-state index is 9.04. The summed E-state index contributed by atoms with van der Waals surface area (Å²) in [5.41, 5.74) is 2.04. The molecule has 0 unspecified atom stereocenters. The van der Waals surface area contributed by atoms with Gasteiger partial charge in [-0.1, -0.05) is 0 Å². The van der Waals surface area contributed by atoms with Crippen molar-refractivity contribution in [1.29, 1.82) is 5.26 Å². The van der Waals surface area contributed by atoms with Gasteiger partial charge in [0.2, 0.25) is 0 Å². The Balaban J connectivity index is 2.69. The zero-order valence-corrected chi connectivity index (χ0v) is 8.34. The third-order valence-corrected chi connectivity index (χ3v) is 2.18. The van der Waals surface area contributed by atoms with Crippen molar-refractivity contribution < 1.29 is 0 Å². The SMILES string of the molecule is Cc1nnc(-n2cncn2)c(C#N)c1C. The summed E-state index contributed by atoms with van der Waals surface area (Å²) in [5, 5.41) is 20.9. The van der Waals surface area contributed by atoms with E-state index in [0.717, 1.165) is 11.3 Å². The molecule has 2 aromatic heterocycles.